The zero-order chi connectivity index (χ0) is 15.5. The molecule has 1 aromatic rings. The molecule has 120 valence electrons. The summed E-state index contributed by atoms with van der Waals surface area (Å²) in [5, 5.41) is 6.80. The molecule has 0 saturated carbocycles. The number of hydrogen-bond acceptors (Lipinski definition) is 4. The van der Waals surface area contributed by atoms with Gasteiger partial charge >= 0.3 is 0 Å². The van der Waals surface area contributed by atoms with Crippen LogP contribution in [0.3, 0.4) is 0 Å². The van der Waals surface area contributed by atoms with Crippen LogP contribution in [0.15, 0.2) is 6.07 Å². The zero-order valence-corrected chi connectivity index (χ0v) is 12.6. The number of aromatic amines is 1. The number of primary amides is 1. The van der Waals surface area contributed by atoms with E-state index < -0.39 is 5.91 Å². The van der Waals surface area contributed by atoms with Gasteiger partial charge in [-0.25, -0.2) is 0 Å². The molecule has 0 unspecified atom stereocenters. The van der Waals surface area contributed by atoms with Crippen LogP contribution >= 0.6 is 0 Å². The number of carbonyl (C=O) groups excluding carboxylic acids is 2. The van der Waals surface area contributed by atoms with Gasteiger partial charge in [0.05, 0.1) is 12.5 Å². The first-order valence-corrected chi connectivity index (χ1v) is 7.88. The van der Waals surface area contributed by atoms with E-state index in [4.69, 9.17) is 10.5 Å². The molecule has 7 nitrogen and oxygen atoms in total. The maximum absolute atomic E-state index is 12.4. The molecule has 7 heteroatoms. The van der Waals surface area contributed by atoms with E-state index in [1.807, 2.05) is 4.90 Å². The number of carbonyl (C=O) groups is 2. The van der Waals surface area contributed by atoms with E-state index in [2.05, 4.69) is 10.2 Å². The quantitative estimate of drug-likeness (QED) is 0.858. The molecule has 2 amide bonds. The summed E-state index contributed by atoms with van der Waals surface area (Å²) in [4.78, 5) is 25.4. The summed E-state index contributed by atoms with van der Waals surface area (Å²) in [6, 6.07) is 1.70. The standard InChI is InChI=1S/C15H22N4O3/c16-15(21)13-8-12(17-18-13)10-3-1-5-19(9-10)14(20)7-11-4-2-6-22-11/h8,10-11H,1-7,9H2,(H2,16,21)(H,17,18)/t10-,11+/m1/s1. The highest BCUT2D eigenvalue weighted by Gasteiger charge is 2.28. The number of nitrogens with one attached hydrogen (secondary N) is 1. The Morgan fingerprint density at radius 1 is 1.41 bits per heavy atom. The first kappa shape index (κ1) is 15.0. The van der Waals surface area contributed by atoms with E-state index in [0.29, 0.717) is 13.0 Å². The monoisotopic (exact) mass is 306 g/mol. The third-order valence-corrected chi connectivity index (χ3v) is 4.49. The Morgan fingerprint density at radius 3 is 2.95 bits per heavy atom. The highest BCUT2D eigenvalue weighted by molar-refractivity contribution is 5.90. The molecule has 2 aliphatic rings. The summed E-state index contributed by atoms with van der Waals surface area (Å²) in [5.74, 6) is -0.196. The lowest BCUT2D eigenvalue weighted by atomic mass is 9.94. The summed E-state index contributed by atoms with van der Waals surface area (Å²) in [6.45, 7) is 2.22. The van der Waals surface area contributed by atoms with Gasteiger partial charge in [0, 0.05) is 31.3 Å². The van der Waals surface area contributed by atoms with Gasteiger partial charge in [0.15, 0.2) is 0 Å². The van der Waals surface area contributed by atoms with Crippen molar-refractivity contribution in [3.63, 3.8) is 0 Å². The minimum Gasteiger partial charge on any atom is -0.378 e. The number of rotatable bonds is 4. The maximum atomic E-state index is 12.4. The zero-order valence-electron chi connectivity index (χ0n) is 12.6. The van der Waals surface area contributed by atoms with E-state index in [9.17, 15) is 9.59 Å². The molecule has 2 saturated heterocycles. The minimum absolute atomic E-state index is 0.0847. The SMILES string of the molecule is NC(=O)c1cc([C@@H]2CCCN(C(=O)C[C@@H]3CCCO3)C2)[nH]n1. The number of hydrogen-bond donors (Lipinski definition) is 2. The van der Waals surface area contributed by atoms with Crippen molar-refractivity contribution in [2.24, 2.45) is 5.73 Å². The molecule has 0 aromatic carbocycles. The number of ether oxygens (including phenoxy) is 1. The van der Waals surface area contributed by atoms with Gasteiger partial charge in [-0.2, -0.15) is 5.10 Å². The van der Waals surface area contributed by atoms with Crippen LogP contribution in [0.4, 0.5) is 0 Å². The average Bonchev–Trinajstić information content (AvgIpc) is 3.18. The van der Waals surface area contributed by atoms with Gasteiger partial charge in [0.25, 0.3) is 5.91 Å². The van der Waals surface area contributed by atoms with E-state index in [1.165, 1.54) is 0 Å². The second-order valence-electron chi connectivity index (χ2n) is 6.09. The lowest BCUT2D eigenvalue weighted by Crippen LogP contribution is -2.40. The van der Waals surface area contributed by atoms with Gasteiger partial charge in [-0.1, -0.05) is 0 Å². The fraction of sp³-hybridized carbons (Fsp3) is 0.667. The van der Waals surface area contributed by atoms with Crippen LogP contribution in [0.1, 0.15) is 54.2 Å². The molecule has 3 N–H and O–H groups in total. The van der Waals surface area contributed by atoms with E-state index in [0.717, 1.165) is 44.5 Å². The number of amides is 2. The number of H-pyrrole nitrogens is 1. The molecule has 0 spiro atoms. The van der Waals surface area contributed by atoms with Crippen LogP contribution in [0.2, 0.25) is 0 Å². The smallest absolute Gasteiger partial charge is 0.269 e. The molecule has 2 atom stereocenters. The molecule has 3 heterocycles. The minimum atomic E-state index is -0.537. The number of nitrogens with two attached hydrogens (primary N) is 1. The summed E-state index contributed by atoms with van der Waals surface area (Å²) in [5.41, 5.74) is 6.35. The van der Waals surface area contributed by atoms with Crippen LogP contribution in [0.5, 0.6) is 0 Å². The van der Waals surface area contributed by atoms with E-state index >= 15 is 0 Å². The predicted octanol–water partition coefficient (Wildman–Crippen LogP) is 0.784. The Labute approximate surface area is 129 Å². The van der Waals surface area contributed by atoms with Crippen molar-refractivity contribution in [3.05, 3.63) is 17.5 Å². The highest BCUT2D eigenvalue weighted by Crippen LogP contribution is 2.27. The first-order chi connectivity index (χ1) is 10.6. The Balaban J connectivity index is 1.60. The largest absolute Gasteiger partial charge is 0.378 e. The van der Waals surface area contributed by atoms with Gasteiger partial charge in [-0.3, -0.25) is 14.7 Å². The van der Waals surface area contributed by atoms with Crippen LogP contribution in [-0.4, -0.2) is 52.7 Å². The second-order valence-corrected chi connectivity index (χ2v) is 6.09. The number of likely N-dealkylation sites (tertiary alicyclic amines) is 1. The summed E-state index contributed by atoms with van der Waals surface area (Å²) < 4.78 is 5.54. The van der Waals surface area contributed by atoms with Crippen molar-refractivity contribution in [3.8, 4) is 0 Å². The molecule has 3 rings (SSSR count). The lowest BCUT2D eigenvalue weighted by Gasteiger charge is -2.32. The normalized spacial score (nSPS) is 25.4. The molecular formula is C15H22N4O3. The predicted molar refractivity (Wildman–Crippen MR) is 79.3 cm³/mol. The number of aromatic nitrogens is 2. The summed E-state index contributed by atoms with van der Waals surface area (Å²) in [7, 11) is 0. The number of piperidine rings is 1. The molecule has 2 fully saturated rings. The topological polar surface area (TPSA) is 101 Å². The van der Waals surface area contributed by atoms with E-state index in [-0.39, 0.29) is 23.6 Å². The number of nitrogens with zero attached hydrogens (tertiary/aromatic N) is 2. The van der Waals surface area contributed by atoms with Crippen molar-refractivity contribution in [1.82, 2.24) is 15.1 Å². The van der Waals surface area contributed by atoms with Crippen molar-refractivity contribution in [2.45, 2.75) is 44.1 Å². The molecule has 2 aliphatic heterocycles. The summed E-state index contributed by atoms with van der Waals surface area (Å²) in [6.07, 6.45) is 4.51. The van der Waals surface area contributed by atoms with Crippen molar-refractivity contribution in [1.29, 1.82) is 0 Å². The third-order valence-electron chi connectivity index (χ3n) is 4.49. The van der Waals surface area contributed by atoms with Crippen LogP contribution in [0.25, 0.3) is 0 Å². The Bertz CT molecular complexity index is 551. The maximum Gasteiger partial charge on any atom is 0.269 e. The molecule has 1 aromatic heterocycles. The Morgan fingerprint density at radius 2 is 2.27 bits per heavy atom. The summed E-state index contributed by atoms with van der Waals surface area (Å²) >= 11 is 0. The van der Waals surface area contributed by atoms with Crippen LogP contribution in [0, 0.1) is 0 Å². The van der Waals surface area contributed by atoms with Crippen LogP contribution < -0.4 is 5.73 Å². The van der Waals surface area contributed by atoms with Gasteiger partial charge in [-0.15, -0.1) is 0 Å². The molecule has 0 radical (unpaired) electrons. The van der Waals surface area contributed by atoms with Gasteiger partial charge < -0.3 is 15.4 Å². The van der Waals surface area contributed by atoms with E-state index in [1.54, 1.807) is 6.07 Å². The van der Waals surface area contributed by atoms with Gasteiger partial charge in [0.1, 0.15) is 5.69 Å². The van der Waals surface area contributed by atoms with Crippen LogP contribution in [-0.2, 0) is 9.53 Å². The Kier molecular flexibility index (Phi) is 4.42. The fourth-order valence-corrected chi connectivity index (χ4v) is 3.26. The first-order valence-electron chi connectivity index (χ1n) is 7.88. The lowest BCUT2D eigenvalue weighted by molar-refractivity contribution is -0.134. The fourth-order valence-electron chi connectivity index (χ4n) is 3.26. The highest BCUT2D eigenvalue weighted by atomic mass is 16.5. The van der Waals surface area contributed by atoms with Crippen molar-refractivity contribution < 1.29 is 14.3 Å². The van der Waals surface area contributed by atoms with Crippen molar-refractivity contribution >= 4 is 11.8 Å². The van der Waals surface area contributed by atoms with Gasteiger partial charge in [-0.05, 0) is 31.7 Å². The Hall–Kier alpha value is -1.89. The van der Waals surface area contributed by atoms with Gasteiger partial charge in [0.2, 0.25) is 5.91 Å². The second kappa shape index (κ2) is 6.48. The molecule has 0 bridgehead atoms. The average molecular weight is 306 g/mol. The molecule has 22 heavy (non-hydrogen) atoms. The third kappa shape index (κ3) is 3.30. The van der Waals surface area contributed by atoms with Crippen molar-refractivity contribution in [2.75, 3.05) is 19.7 Å². The molecule has 0 aliphatic carbocycles. The molecular weight excluding hydrogens is 284 g/mol.